The largest absolute Gasteiger partial charge is 0.550 e. The molecule has 0 heterocycles. The van der Waals surface area contributed by atoms with Gasteiger partial charge in [0.05, 0.1) is 12.2 Å². The first-order chi connectivity index (χ1) is 11.6. The van der Waals surface area contributed by atoms with Crippen LogP contribution >= 0.6 is 0 Å². The van der Waals surface area contributed by atoms with Crippen molar-refractivity contribution in [3.63, 3.8) is 0 Å². The SMILES string of the molecule is CCCCC/C=C\C=C\[C@H](O)C/C=C\C=C\[C@@H](O)CCCC(=O)[O-]. The van der Waals surface area contributed by atoms with Crippen molar-refractivity contribution in [2.75, 3.05) is 0 Å². The lowest BCUT2D eigenvalue weighted by molar-refractivity contribution is -0.305. The van der Waals surface area contributed by atoms with Crippen LogP contribution in [0.4, 0.5) is 0 Å². The van der Waals surface area contributed by atoms with Gasteiger partial charge in [-0.15, -0.1) is 0 Å². The molecule has 24 heavy (non-hydrogen) atoms. The molecule has 0 amide bonds. The van der Waals surface area contributed by atoms with Crippen LogP contribution in [0.25, 0.3) is 0 Å². The molecule has 0 saturated heterocycles. The summed E-state index contributed by atoms with van der Waals surface area (Å²) in [4.78, 5) is 10.2. The summed E-state index contributed by atoms with van der Waals surface area (Å²) in [6.45, 7) is 2.18. The number of aliphatic hydroxyl groups excluding tert-OH is 2. The number of unbranched alkanes of at least 4 members (excludes halogenated alkanes) is 3. The summed E-state index contributed by atoms with van der Waals surface area (Å²) in [5, 5.41) is 29.6. The topological polar surface area (TPSA) is 80.6 Å². The quantitative estimate of drug-likeness (QED) is 0.378. The summed E-state index contributed by atoms with van der Waals surface area (Å²) in [6.07, 6.45) is 19.4. The van der Waals surface area contributed by atoms with Gasteiger partial charge in [0.2, 0.25) is 0 Å². The van der Waals surface area contributed by atoms with Crippen LogP contribution in [0.2, 0.25) is 0 Å². The fourth-order valence-electron chi connectivity index (χ4n) is 2.00. The predicted molar refractivity (Wildman–Crippen MR) is 96.2 cm³/mol. The lowest BCUT2D eigenvalue weighted by Gasteiger charge is -2.05. The van der Waals surface area contributed by atoms with Gasteiger partial charge < -0.3 is 20.1 Å². The maximum absolute atomic E-state index is 10.2. The van der Waals surface area contributed by atoms with Crippen molar-refractivity contribution in [2.24, 2.45) is 0 Å². The highest BCUT2D eigenvalue weighted by Gasteiger charge is 1.98. The Bertz CT molecular complexity index is 421. The number of aliphatic carboxylic acids is 1. The van der Waals surface area contributed by atoms with E-state index in [9.17, 15) is 20.1 Å². The van der Waals surface area contributed by atoms with Gasteiger partial charge in [0.25, 0.3) is 0 Å². The smallest absolute Gasteiger partial charge is 0.0758 e. The number of carbonyl (C=O) groups is 1. The lowest BCUT2D eigenvalue weighted by Crippen LogP contribution is -2.22. The third-order valence-electron chi connectivity index (χ3n) is 3.39. The average Bonchev–Trinajstić information content (AvgIpc) is 2.53. The molecule has 0 rings (SSSR count). The lowest BCUT2D eigenvalue weighted by atomic mass is 10.1. The fraction of sp³-hybridized carbons (Fsp3) is 0.550. The van der Waals surface area contributed by atoms with Gasteiger partial charge in [-0.05, 0) is 38.5 Å². The summed E-state index contributed by atoms with van der Waals surface area (Å²) in [5.41, 5.74) is 0. The maximum Gasteiger partial charge on any atom is 0.0758 e. The number of allylic oxidation sites excluding steroid dienone is 5. The van der Waals surface area contributed by atoms with Crippen LogP contribution in [0, 0.1) is 0 Å². The number of hydrogen-bond donors (Lipinski definition) is 2. The molecule has 136 valence electrons. The van der Waals surface area contributed by atoms with E-state index in [1.807, 2.05) is 18.2 Å². The number of carbonyl (C=O) groups excluding carboxylic acids is 1. The molecule has 0 aliphatic rings. The second-order valence-electron chi connectivity index (χ2n) is 5.76. The van der Waals surface area contributed by atoms with Crippen LogP contribution in [0.1, 0.15) is 58.3 Å². The molecule has 0 radical (unpaired) electrons. The van der Waals surface area contributed by atoms with E-state index in [1.165, 1.54) is 19.3 Å². The van der Waals surface area contributed by atoms with E-state index >= 15 is 0 Å². The molecule has 0 aromatic rings. The third-order valence-corrected chi connectivity index (χ3v) is 3.39. The second kappa shape index (κ2) is 16.2. The van der Waals surface area contributed by atoms with Gasteiger partial charge in [-0.1, -0.05) is 68.4 Å². The van der Waals surface area contributed by atoms with Gasteiger partial charge in [-0.2, -0.15) is 0 Å². The van der Waals surface area contributed by atoms with E-state index in [0.29, 0.717) is 19.3 Å². The Morgan fingerprint density at radius 3 is 2.29 bits per heavy atom. The van der Waals surface area contributed by atoms with Gasteiger partial charge in [-0.25, -0.2) is 0 Å². The van der Waals surface area contributed by atoms with Gasteiger partial charge in [0.15, 0.2) is 0 Å². The maximum atomic E-state index is 10.2. The van der Waals surface area contributed by atoms with E-state index in [-0.39, 0.29) is 6.42 Å². The normalized spacial score (nSPS) is 15.1. The van der Waals surface area contributed by atoms with Gasteiger partial charge >= 0.3 is 0 Å². The molecular formula is C20H31O4-. The summed E-state index contributed by atoms with van der Waals surface area (Å²) in [5.74, 6) is -1.09. The minimum absolute atomic E-state index is 0.0354. The first-order valence-electron chi connectivity index (χ1n) is 8.78. The Balaban J connectivity index is 3.80. The standard InChI is InChI=1S/C20H32O4/c1-2-3-4-5-6-7-9-13-18(21)14-10-8-11-15-19(22)16-12-17-20(23)24/h6-11,13,15,18-19,21-22H,2-5,12,14,16-17H2,1H3,(H,23,24)/p-1/b7-6-,10-8-,13-9+,15-11+/t18-,19+/m0/s1. The molecule has 4 nitrogen and oxygen atoms in total. The van der Waals surface area contributed by atoms with Gasteiger partial charge in [0, 0.05) is 5.97 Å². The highest BCUT2D eigenvalue weighted by molar-refractivity contribution is 5.64. The number of carboxylic acid groups (broad SMARTS) is 1. The van der Waals surface area contributed by atoms with Crippen molar-refractivity contribution in [3.8, 4) is 0 Å². The molecule has 0 unspecified atom stereocenters. The van der Waals surface area contributed by atoms with Crippen molar-refractivity contribution < 1.29 is 20.1 Å². The van der Waals surface area contributed by atoms with Crippen LogP contribution in [0.3, 0.4) is 0 Å². The number of rotatable bonds is 14. The predicted octanol–water partition coefficient (Wildman–Crippen LogP) is 2.82. The monoisotopic (exact) mass is 335 g/mol. The van der Waals surface area contributed by atoms with Crippen LogP contribution in [0.15, 0.2) is 48.6 Å². The Morgan fingerprint density at radius 1 is 0.958 bits per heavy atom. The van der Waals surface area contributed by atoms with E-state index in [0.717, 1.165) is 6.42 Å². The highest BCUT2D eigenvalue weighted by atomic mass is 16.4. The molecule has 0 aromatic heterocycles. The summed E-state index contributed by atoms with van der Waals surface area (Å²) in [7, 11) is 0. The van der Waals surface area contributed by atoms with Crippen LogP contribution in [-0.2, 0) is 4.79 Å². The molecular weight excluding hydrogens is 304 g/mol. The molecule has 0 aliphatic carbocycles. The first-order valence-corrected chi connectivity index (χ1v) is 8.78. The Hall–Kier alpha value is -1.65. The van der Waals surface area contributed by atoms with E-state index in [1.54, 1.807) is 24.3 Å². The second-order valence-corrected chi connectivity index (χ2v) is 5.76. The summed E-state index contributed by atoms with van der Waals surface area (Å²) >= 11 is 0. The van der Waals surface area contributed by atoms with Crippen molar-refractivity contribution in [1.82, 2.24) is 0 Å². The van der Waals surface area contributed by atoms with Crippen LogP contribution < -0.4 is 5.11 Å². The zero-order valence-electron chi connectivity index (χ0n) is 14.6. The minimum Gasteiger partial charge on any atom is -0.550 e. The van der Waals surface area contributed by atoms with Crippen molar-refractivity contribution in [1.29, 1.82) is 0 Å². The van der Waals surface area contributed by atoms with E-state index in [4.69, 9.17) is 0 Å². The molecule has 4 heteroatoms. The minimum atomic E-state index is -1.09. The molecule has 0 aromatic carbocycles. The zero-order chi connectivity index (χ0) is 18.0. The van der Waals surface area contributed by atoms with Crippen LogP contribution in [-0.4, -0.2) is 28.4 Å². The van der Waals surface area contributed by atoms with Crippen molar-refractivity contribution in [2.45, 2.75) is 70.5 Å². The molecule has 0 fully saturated rings. The molecule has 0 bridgehead atoms. The number of hydrogen-bond acceptors (Lipinski definition) is 4. The van der Waals surface area contributed by atoms with Crippen LogP contribution in [0.5, 0.6) is 0 Å². The van der Waals surface area contributed by atoms with E-state index in [2.05, 4.69) is 13.0 Å². The molecule has 0 aliphatic heterocycles. The molecule has 0 spiro atoms. The molecule has 2 N–H and O–H groups in total. The Labute approximate surface area is 145 Å². The number of carboxylic acids is 1. The Kier molecular flexibility index (Phi) is 15.1. The summed E-state index contributed by atoms with van der Waals surface area (Å²) in [6, 6.07) is 0. The average molecular weight is 335 g/mol. The highest BCUT2D eigenvalue weighted by Crippen LogP contribution is 2.03. The van der Waals surface area contributed by atoms with Crippen molar-refractivity contribution >= 4 is 5.97 Å². The van der Waals surface area contributed by atoms with Gasteiger partial charge in [-0.3, -0.25) is 0 Å². The van der Waals surface area contributed by atoms with Crippen molar-refractivity contribution in [3.05, 3.63) is 48.6 Å². The first kappa shape index (κ1) is 22.4. The number of aliphatic hydroxyl groups is 2. The molecule has 0 saturated carbocycles. The summed E-state index contributed by atoms with van der Waals surface area (Å²) < 4.78 is 0. The fourth-order valence-corrected chi connectivity index (χ4v) is 2.00. The Morgan fingerprint density at radius 2 is 1.62 bits per heavy atom. The van der Waals surface area contributed by atoms with E-state index < -0.39 is 18.2 Å². The van der Waals surface area contributed by atoms with Gasteiger partial charge in [0.1, 0.15) is 0 Å². The zero-order valence-corrected chi connectivity index (χ0v) is 14.6. The third kappa shape index (κ3) is 16.7. The molecule has 2 atom stereocenters.